The zero-order valence-electron chi connectivity index (χ0n) is 75.1. The molecule has 25 aromatic rings. The Bertz CT molecular complexity index is 8290. The van der Waals surface area contributed by atoms with E-state index >= 15 is 0 Å². The maximum Gasteiger partial charge on any atom is 0.163 e. The summed E-state index contributed by atoms with van der Waals surface area (Å²) >= 11 is 0. The highest BCUT2D eigenvalue weighted by Crippen LogP contribution is 2.36. The van der Waals surface area contributed by atoms with E-state index in [0.717, 1.165) is 106 Å². The van der Waals surface area contributed by atoms with Gasteiger partial charge in [-0.05, 0) is 160 Å². The lowest BCUT2D eigenvalue weighted by Gasteiger charge is -2.08. The molecule has 0 saturated heterocycles. The van der Waals surface area contributed by atoms with Crippen LogP contribution in [0, 0.1) is 0 Å². The number of hydrogen-bond donors (Lipinski definition) is 0. The summed E-state index contributed by atoms with van der Waals surface area (Å²) in [7, 11) is 0. The Kier molecular flexibility index (Phi) is 25.5. The van der Waals surface area contributed by atoms with E-state index in [0.29, 0.717) is 11.6 Å². The molecule has 0 aliphatic heterocycles. The average Bonchev–Trinajstić information content (AvgIpc) is 0.777. The van der Waals surface area contributed by atoms with E-state index in [1.54, 1.807) is 6.33 Å². The van der Waals surface area contributed by atoms with E-state index in [-0.39, 0.29) is 0 Å². The van der Waals surface area contributed by atoms with Gasteiger partial charge in [-0.2, -0.15) is 0 Å². The van der Waals surface area contributed by atoms with Crippen LogP contribution in [0.2, 0.25) is 0 Å². The van der Waals surface area contributed by atoms with Crippen molar-refractivity contribution in [1.29, 1.82) is 0 Å². The summed E-state index contributed by atoms with van der Waals surface area (Å²) in [5, 5.41) is 4.85. The molecule has 650 valence electrons. The normalized spacial score (nSPS) is 10.9. The van der Waals surface area contributed by atoms with Gasteiger partial charge in [-0.1, -0.05) is 443 Å². The number of fused-ring (bicyclic) bond motifs is 7. The second kappa shape index (κ2) is 41.0. The fourth-order valence-corrected chi connectivity index (χ4v) is 17.0. The van der Waals surface area contributed by atoms with Crippen LogP contribution < -0.4 is 0 Å². The van der Waals surface area contributed by atoms with Crippen LogP contribution in [-0.2, 0) is 0 Å². The highest BCUT2D eigenvalue weighted by atomic mass is 15.0. The van der Waals surface area contributed by atoms with E-state index in [4.69, 9.17) is 29.9 Å². The largest absolute Gasteiger partial charge is 0.252 e. The molecule has 0 amide bonds. The summed E-state index contributed by atoms with van der Waals surface area (Å²) in [5.41, 5.74) is 36.5. The minimum atomic E-state index is 0.673. The molecule has 0 radical (unpaired) electrons. The number of benzene rings is 20. The van der Waals surface area contributed by atoms with Crippen molar-refractivity contribution in [2.45, 2.75) is 0 Å². The Morgan fingerprint density at radius 3 is 0.725 bits per heavy atom. The third-order valence-corrected chi connectivity index (χ3v) is 24.4. The molecule has 0 saturated carbocycles. The van der Waals surface area contributed by atoms with Gasteiger partial charge in [0.25, 0.3) is 0 Å². The van der Waals surface area contributed by atoms with Crippen molar-refractivity contribution in [1.82, 2.24) is 54.8 Å². The van der Waals surface area contributed by atoms with Crippen molar-refractivity contribution < 1.29 is 0 Å². The van der Waals surface area contributed by atoms with Gasteiger partial charge in [0.05, 0.1) is 91.7 Å². The van der Waals surface area contributed by atoms with Crippen LogP contribution in [-0.4, -0.2) is 54.8 Å². The zero-order valence-corrected chi connectivity index (χ0v) is 75.1. The van der Waals surface area contributed by atoms with E-state index in [2.05, 4.69) is 377 Å². The number of hydrogen-bond acceptors (Lipinski definition) is 11. The quantitative estimate of drug-likeness (QED) is 0.0960. The van der Waals surface area contributed by atoms with E-state index in [1.165, 1.54) is 105 Å². The molecular formula is C127H87N11. The molecule has 5 aromatic heterocycles. The lowest BCUT2D eigenvalue weighted by atomic mass is 9.98. The van der Waals surface area contributed by atoms with Crippen molar-refractivity contribution in [3.8, 4) is 157 Å². The molecule has 0 spiro atoms. The molecule has 138 heavy (non-hydrogen) atoms. The second-order valence-corrected chi connectivity index (χ2v) is 33.3. The minimum Gasteiger partial charge on any atom is -0.252 e. The third-order valence-electron chi connectivity index (χ3n) is 24.4. The molecule has 20 aromatic carbocycles. The average molecular weight is 1770 g/mol. The third kappa shape index (κ3) is 20.2. The van der Waals surface area contributed by atoms with Gasteiger partial charge in [0.1, 0.15) is 6.33 Å². The summed E-state index contributed by atoms with van der Waals surface area (Å²) in [6.45, 7) is 0. The fraction of sp³-hybridized carbons (Fsp3) is 0. The molecule has 0 unspecified atom stereocenters. The monoisotopic (exact) mass is 1770 g/mol. The van der Waals surface area contributed by atoms with Crippen molar-refractivity contribution in [2.24, 2.45) is 0 Å². The highest BCUT2D eigenvalue weighted by molar-refractivity contribution is 6.04. The van der Waals surface area contributed by atoms with Crippen molar-refractivity contribution in [3.63, 3.8) is 0 Å². The van der Waals surface area contributed by atoms with Crippen LogP contribution in [0.1, 0.15) is 0 Å². The molecule has 25 rings (SSSR count). The number of nitrogens with zero attached hydrogens (tertiary/aromatic N) is 11. The molecular weight excluding hydrogens is 1680 g/mol. The Labute approximate surface area is 800 Å². The second-order valence-electron chi connectivity index (χ2n) is 33.3. The SMILES string of the molecule is c1ccc(-c2ccc(-c3ccc(-c4cnc5ccccc5n4)cc3)cc2)cc1.c1ccc(-c2ccc(-c3cnc4c(ccc5ccccc54)n3)cc2)cc1.c1ccc(-c2ccc(-c3ncnc(-c4ccc(-c5ccccc5)cc4)n3)cc2)cc1.c1ccc(-c2cccc(-c3ccc(-c4cnc5ccccc5n4)cc3)c2)cc1.c1ccc2cc(-c3ccc(-c4cnc5ccccc5n4)cc3)ccc2c1. The van der Waals surface area contributed by atoms with Crippen LogP contribution in [0.4, 0.5) is 0 Å². The van der Waals surface area contributed by atoms with E-state index in [9.17, 15) is 0 Å². The summed E-state index contributed by atoms with van der Waals surface area (Å²) < 4.78 is 0. The summed E-state index contributed by atoms with van der Waals surface area (Å²) in [4.78, 5) is 50.7. The molecule has 11 heteroatoms. The topological polar surface area (TPSA) is 142 Å². The van der Waals surface area contributed by atoms with Gasteiger partial charge in [-0.25, -0.2) is 34.9 Å². The standard InChI is InChI=1S/C27H19N3.2C26H18N2.2C24H16N2/c1-3-7-20(8-4-1)22-11-15-24(16-12-22)26-28-19-29-27(30-26)25-17-13-23(14-18-25)21-9-5-2-6-10-21;1-2-7-19(8-3-1)22-9-6-10-23(17-22)20-13-15-21(16-14-20)26-18-27-24-11-4-5-12-25(24)28-26;1-2-6-19(7-3-1)20-10-12-21(13-11-20)22-14-16-23(17-15-22)26-18-27-24-8-4-5-9-25(24)28-26;1-2-6-20-15-21(14-11-17(20)5-1)18-9-12-19(13-10-18)24-16-25-22-7-3-4-8-23(22)26-24;1-2-6-17(7-3-1)18-10-12-20(13-11-18)23-16-25-24-21-9-5-4-8-19(21)14-15-22(24)26-23/h1-19H;2*1-18H;2*1-16H. The first-order chi connectivity index (χ1) is 68.3. The maximum atomic E-state index is 4.84. The van der Waals surface area contributed by atoms with Gasteiger partial charge >= 0.3 is 0 Å². The first kappa shape index (κ1) is 86.0. The van der Waals surface area contributed by atoms with Gasteiger partial charge < -0.3 is 0 Å². The molecule has 0 bridgehead atoms. The molecule has 5 heterocycles. The van der Waals surface area contributed by atoms with Crippen LogP contribution >= 0.6 is 0 Å². The molecule has 0 aliphatic carbocycles. The lowest BCUT2D eigenvalue weighted by molar-refractivity contribution is 1.07. The Morgan fingerprint density at radius 2 is 0.362 bits per heavy atom. The Morgan fingerprint density at radius 1 is 0.123 bits per heavy atom. The van der Waals surface area contributed by atoms with Gasteiger partial charge in [0, 0.05) is 38.8 Å². The summed E-state index contributed by atoms with van der Waals surface area (Å²) in [6.07, 6.45) is 8.97. The van der Waals surface area contributed by atoms with Crippen LogP contribution in [0.15, 0.2) is 529 Å². The molecule has 0 atom stereocenters. The Balaban J connectivity index is 0.000000103. The van der Waals surface area contributed by atoms with E-state index in [1.807, 2.05) is 170 Å². The van der Waals surface area contributed by atoms with Crippen LogP contribution in [0.5, 0.6) is 0 Å². The first-order valence-corrected chi connectivity index (χ1v) is 45.9. The van der Waals surface area contributed by atoms with Crippen molar-refractivity contribution in [2.75, 3.05) is 0 Å². The number of aromatic nitrogens is 11. The predicted molar refractivity (Wildman–Crippen MR) is 569 cm³/mol. The summed E-state index contributed by atoms with van der Waals surface area (Å²) in [5.74, 6) is 1.35. The van der Waals surface area contributed by atoms with Gasteiger partial charge in [-0.15, -0.1) is 0 Å². The summed E-state index contributed by atoms with van der Waals surface area (Å²) in [6, 6.07) is 171. The minimum absolute atomic E-state index is 0.673. The van der Waals surface area contributed by atoms with Gasteiger partial charge in [0.15, 0.2) is 11.6 Å². The maximum absolute atomic E-state index is 4.84. The van der Waals surface area contributed by atoms with Crippen molar-refractivity contribution in [3.05, 3.63) is 529 Å². The number of rotatable bonds is 14. The highest BCUT2D eigenvalue weighted by Gasteiger charge is 2.15. The molecule has 0 fully saturated rings. The van der Waals surface area contributed by atoms with Crippen molar-refractivity contribution >= 4 is 65.7 Å². The smallest absolute Gasteiger partial charge is 0.163 e. The molecule has 0 N–H and O–H groups in total. The van der Waals surface area contributed by atoms with E-state index < -0.39 is 0 Å². The van der Waals surface area contributed by atoms with Gasteiger partial charge in [-0.3, -0.25) is 19.9 Å². The predicted octanol–water partition coefficient (Wildman–Crippen LogP) is 32.0. The van der Waals surface area contributed by atoms with Gasteiger partial charge in [0.2, 0.25) is 0 Å². The number of para-hydroxylation sites is 6. The zero-order chi connectivity index (χ0) is 92.4. The van der Waals surface area contributed by atoms with Crippen LogP contribution in [0.3, 0.4) is 0 Å². The Hall–Kier alpha value is -18.7. The first-order valence-electron chi connectivity index (χ1n) is 45.9. The van der Waals surface area contributed by atoms with Crippen LogP contribution in [0.25, 0.3) is 222 Å². The molecule has 0 aliphatic rings. The lowest BCUT2D eigenvalue weighted by Crippen LogP contribution is -1.95. The molecule has 11 nitrogen and oxygen atoms in total. The fourth-order valence-electron chi connectivity index (χ4n) is 17.0.